The van der Waals surface area contributed by atoms with Crippen molar-refractivity contribution in [2.75, 3.05) is 13.7 Å². The van der Waals surface area contributed by atoms with Crippen LogP contribution in [0, 0.1) is 0 Å². The molecule has 0 fully saturated rings. The molecule has 3 heteroatoms. The van der Waals surface area contributed by atoms with Gasteiger partial charge in [-0.3, -0.25) is 0 Å². The first-order valence-corrected chi connectivity index (χ1v) is 7.26. The van der Waals surface area contributed by atoms with Crippen LogP contribution in [0.15, 0.2) is 47.1 Å². The van der Waals surface area contributed by atoms with Crippen LogP contribution >= 0.6 is 0 Å². The van der Waals surface area contributed by atoms with Crippen molar-refractivity contribution in [3.63, 3.8) is 0 Å². The number of nitrogens with one attached hydrogen (secondary N) is 1. The smallest absolute Gasteiger partial charge is 0.124 e. The summed E-state index contributed by atoms with van der Waals surface area (Å²) in [6.07, 6.45) is 4.64. The molecule has 2 aromatic rings. The average Bonchev–Trinajstić information content (AvgIpc) is 3.00. The highest BCUT2D eigenvalue weighted by molar-refractivity contribution is 5.36. The first-order chi connectivity index (χ1) is 9.85. The summed E-state index contributed by atoms with van der Waals surface area (Å²) in [4.78, 5) is 0. The standard InChI is InChI=1S/C17H23NO2/c1-3-12-20-17-9-5-4-8-15(17)16(18-2)11-10-14-7-6-13-19-14/h4-9,13,16,18H,3,10-12H2,1-2H3. The highest BCUT2D eigenvalue weighted by atomic mass is 16.5. The van der Waals surface area contributed by atoms with Crippen molar-refractivity contribution in [1.82, 2.24) is 5.32 Å². The number of para-hydroxylation sites is 1. The number of rotatable bonds is 8. The van der Waals surface area contributed by atoms with Gasteiger partial charge in [-0.1, -0.05) is 25.1 Å². The minimum atomic E-state index is 0.271. The number of hydrogen-bond acceptors (Lipinski definition) is 3. The van der Waals surface area contributed by atoms with E-state index < -0.39 is 0 Å². The van der Waals surface area contributed by atoms with Gasteiger partial charge in [-0.15, -0.1) is 0 Å². The van der Waals surface area contributed by atoms with E-state index in [9.17, 15) is 0 Å². The van der Waals surface area contributed by atoms with Crippen LogP contribution in [-0.4, -0.2) is 13.7 Å². The lowest BCUT2D eigenvalue weighted by Gasteiger charge is -2.19. The topological polar surface area (TPSA) is 34.4 Å². The molecule has 0 amide bonds. The first kappa shape index (κ1) is 14.7. The maximum atomic E-state index is 5.84. The summed E-state index contributed by atoms with van der Waals surface area (Å²) in [5.41, 5.74) is 1.22. The summed E-state index contributed by atoms with van der Waals surface area (Å²) < 4.78 is 11.2. The van der Waals surface area contributed by atoms with Crippen molar-refractivity contribution in [1.29, 1.82) is 0 Å². The summed E-state index contributed by atoms with van der Waals surface area (Å²) in [5.74, 6) is 2.00. The van der Waals surface area contributed by atoms with E-state index in [0.717, 1.165) is 37.4 Å². The van der Waals surface area contributed by atoms with Crippen molar-refractivity contribution in [3.8, 4) is 5.75 Å². The Bertz CT molecular complexity index is 493. The third-order valence-electron chi connectivity index (χ3n) is 3.36. The van der Waals surface area contributed by atoms with Gasteiger partial charge in [0.05, 0.1) is 12.9 Å². The maximum Gasteiger partial charge on any atom is 0.124 e. The van der Waals surface area contributed by atoms with E-state index in [1.54, 1.807) is 6.26 Å². The highest BCUT2D eigenvalue weighted by Crippen LogP contribution is 2.28. The predicted octanol–water partition coefficient (Wildman–Crippen LogP) is 3.96. The van der Waals surface area contributed by atoms with Crippen molar-refractivity contribution in [3.05, 3.63) is 54.0 Å². The van der Waals surface area contributed by atoms with E-state index in [2.05, 4.69) is 24.4 Å². The Morgan fingerprint density at radius 1 is 1.20 bits per heavy atom. The van der Waals surface area contributed by atoms with Crippen LogP contribution in [0.3, 0.4) is 0 Å². The van der Waals surface area contributed by atoms with E-state index in [1.165, 1.54) is 5.56 Å². The minimum Gasteiger partial charge on any atom is -0.493 e. The van der Waals surface area contributed by atoms with Gasteiger partial charge < -0.3 is 14.5 Å². The molecule has 0 bridgehead atoms. The van der Waals surface area contributed by atoms with Gasteiger partial charge in [0, 0.05) is 18.0 Å². The third kappa shape index (κ3) is 3.87. The van der Waals surface area contributed by atoms with Gasteiger partial charge in [0.25, 0.3) is 0 Å². The molecule has 0 saturated carbocycles. The van der Waals surface area contributed by atoms with Crippen LogP contribution < -0.4 is 10.1 Å². The number of furan rings is 1. The number of benzene rings is 1. The second kappa shape index (κ2) is 7.75. The number of hydrogen-bond donors (Lipinski definition) is 1. The van der Waals surface area contributed by atoms with Crippen LogP contribution in [0.4, 0.5) is 0 Å². The van der Waals surface area contributed by atoms with E-state index in [1.807, 2.05) is 31.3 Å². The Kier molecular flexibility index (Phi) is 5.69. The van der Waals surface area contributed by atoms with Crippen LogP contribution in [0.5, 0.6) is 5.75 Å². The molecule has 1 atom stereocenters. The molecule has 2 rings (SSSR count). The Hall–Kier alpha value is -1.74. The summed E-state index contributed by atoms with van der Waals surface area (Å²) in [6.45, 7) is 2.88. The fourth-order valence-corrected chi connectivity index (χ4v) is 2.31. The van der Waals surface area contributed by atoms with Gasteiger partial charge in [0.15, 0.2) is 0 Å². The predicted molar refractivity (Wildman–Crippen MR) is 81.1 cm³/mol. The van der Waals surface area contributed by atoms with Gasteiger partial charge in [-0.05, 0) is 38.1 Å². The quantitative estimate of drug-likeness (QED) is 0.790. The van der Waals surface area contributed by atoms with E-state index in [-0.39, 0.29) is 6.04 Å². The fraction of sp³-hybridized carbons (Fsp3) is 0.412. The fourth-order valence-electron chi connectivity index (χ4n) is 2.31. The van der Waals surface area contributed by atoms with E-state index in [4.69, 9.17) is 9.15 Å². The normalized spacial score (nSPS) is 12.3. The molecule has 0 saturated heterocycles. The summed E-state index contributed by atoms with van der Waals surface area (Å²) >= 11 is 0. The molecule has 0 spiro atoms. The average molecular weight is 273 g/mol. The summed E-state index contributed by atoms with van der Waals surface area (Å²) in [6, 6.07) is 12.5. The molecule has 1 heterocycles. The lowest BCUT2D eigenvalue weighted by molar-refractivity contribution is 0.309. The zero-order valence-electron chi connectivity index (χ0n) is 12.3. The van der Waals surface area contributed by atoms with E-state index in [0.29, 0.717) is 0 Å². The van der Waals surface area contributed by atoms with Crippen LogP contribution in [0.2, 0.25) is 0 Å². The Labute approximate surface area is 121 Å². The van der Waals surface area contributed by atoms with Crippen LogP contribution in [-0.2, 0) is 6.42 Å². The van der Waals surface area contributed by atoms with Crippen LogP contribution in [0.25, 0.3) is 0 Å². The molecule has 0 aliphatic heterocycles. The second-order valence-corrected chi connectivity index (χ2v) is 4.85. The monoisotopic (exact) mass is 273 g/mol. The molecule has 20 heavy (non-hydrogen) atoms. The summed E-state index contributed by atoms with van der Waals surface area (Å²) in [5, 5.41) is 3.38. The number of aryl methyl sites for hydroxylation is 1. The zero-order chi connectivity index (χ0) is 14.2. The molecular weight excluding hydrogens is 250 g/mol. The SMILES string of the molecule is CCCOc1ccccc1C(CCc1ccco1)NC. The van der Waals surface area contributed by atoms with Gasteiger partial charge >= 0.3 is 0 Å². The first-order valence-electron chi connectivity index (χ1n) is 7.26. The zero-order valence-corrected chi connectivity index (χ0v) is 12.3. The van der Waals surface area contributed by atoms with Gasteiger partial charge in [-0.2, -0.15) is 0 Å². The third-order valence-corrected chi connectivity index (χ3v) is 3.36. The minimum absolute atomic E-state index is 0.271. The van der Waals surface area contributed by atoms with Gasteiger partial charge in [0.2, 0.25) is 0 Å². The maximum absolute atomic E-state index is 5.84. The summed E-state index contributed by atoms with van der Waals surface area (Å²) in [7, 11) is 1.99. The molecule has 3 nitrogen and oxygen atoms in total. The molecule has 1 N–H and O–H groups in total. The largest absolute Gasteiger partial charge is 0.493 e. The van der Waals surface area contributed by atoms with Crippen LogP contribution in [0.1, 0.15) is 37.1 Å². The van der Waals surface area contributed by atoms with Crippen molar-refractivity contribution >= 4 is 0 Å². The lowest BCUT2D eigenvalue weighted by atomic mass is 10.0. The van der Waals surface area contributed by atoms with Crippen molar-refractivity contribution in [2.24, 2.45) is 0 Å². The molecule has 108 valence electrons. The van der Waals surface area contributed by atoms with Gasteiger partial charge in [0.1, 0.15) is 11.5 Å². The molecular formula is C17H23NO2. The molecule has 1 aromatic carbocycles. The Balaban J connectivity index is 2.06. The molecule has 0 radical (unpaired) electrons. The second-order valence-electron chi connectivity index (χ2n) is 4.85. The van der Waals surface area contributed by atoms with E-state index >= 15 is 0 Å². The molecule has 1 aromatic heterocycles. The Morgan fingerprint density at radius 3 is 2.75 bits per heavy atom. The van der Waals surface area contributed by atoms with Gasteiger partial charge in [-0.25, -0.2) is 0 Å². The Morgan fingerprint density at radius 2 is 2.05 bits per heavy atom. The molecule has 0 aliphatic carbocycles. The molecule has 1 unspecified atom stereocenters. The molecule has 0 aliphatic rings. The van der Waals surface area contributed by atoms with Crippen molar-refractivity contribution in [2.45, 2.75) is 32.2 Å². The van der Waals surface area contributed by atoms with Crippen molar-refractivity contribution < 1.29 is 9.15 Å². The number of ether oxygens (including phenoxy) is 1. The highest BCUT2D eigenvalue weighted by Gasteiger charge is 2.14. The lowest BCUT2D eigenvalue weighted by Crippen LogP contribution is -2.18.